The standard InChI is InChI=1S/C21H25N3O5S/c1-3-12-22-21(27)16-7-9-18(10-8-16)24-20(26)11-13-23-30(28,29)19-6-4-5-17(14-19)15(2)25/h4-10,14,23H,3,11-13H2,1-2H3,(H,22,27)(H,24,26). The van der Waals surface area contributed by atoms with Crippen LogP contribution in [0.2, 0.25) is 0 Å². The van der Waals surface area contributed by atoms with Crippen molar-refractivity contribution in [2.24, 2.45) is 0 Å². The minimum absolute atomic E-state index is 0.0347. The third kappa shape index (κ3) is 6.78. The summed E-state index contributed by atoms with van der Waals surface area (Å²) >= 11 is 0. The zero-order chi connectivity index (χ0) is 22.1. The number of sulfonamides is 1. The Kier molecular flexibility index (Phi) is 8.25. The molecule has 0 aliphatic rings. The minimum Gasteiger partial charge on any atom is -0.352 e. The third-order valence-electron chi connectivity index (χ3n) is 4.16. The van der Waals surface area contributed by atoms with E-state index in [0.29, 0.717) is 23.4 Å². The Bertz CT molecular complexity index is 1020. The average Bonchev–Trinajstić information content (AvgIpc) is 2.72. The number of hydrogen-bond donors (Lipinski definition) is 3. The molecule has 0 fully saturated rings. The quantitative estimate of drug-likeness (QED) is 0.499. The van der Waals surface area contributed by atoms with Crippen molar-refractivity contribution in [3.63, 3.8) is 0 Å². The Hall–Kier alpha value is -3.04. The second-order valence-corrected chi connectivity index (χ2v) is 8.38. The summed E-state index contributed by atoms with van der Waals surface area (Å²) in [5, 5.41) is 5.41. The van der Waals surface area contributed by atoms with Gasteiger partial charge in [-0.25, -0.2) is 13.1 Å². The van der Waals surface area contributed by atoms with Crippen LogP contribution in [0.3, 0.4) is 0 Å². The molecule has 8 nitrogen and oxygen atoms in total. The number of rotatable bonds is 10. The Morgan fingerprint density at radius 3 is 2.27 bits per heavy atom. The molecular weight excluding hydrogens is 406 g/mol. The number of benzene rings is 2. The number of anilines is 1. The second kappa shape index (κ2) is 10.7. The molecule has 2 amide bonds. The summed E-state index contributed by atoms with van der Waals surface area (Å²) in [4.78, 5) is 35.3. The average molecular weight is 432 g/mol. The SMILES string of the molecule is CCCNC(=O)c1ccc(NC(=O)CCNS(=O)(=O)c2cccc(C(C)=O)c2)cc1. The first-order chi connectivity index (χ1) is 14.2. The number of Topliss-reactive ketones (excluding diaryl/α,β-unsaturated/α-hetero) is 1. The van der Waals surface area contributed by atoms with Gasteiger partial charge in [-0.2, -0.15) is 0 Å². The van der Waals surface area contributed by atoms with Crippen molar-refractivity contribution in [2.75, 3.05) is 18.4 Å². The first-order valence-corrected chi connectivity index (χ1v) is 11.0. The molecule has 0 heterocycles. The zero-order valence-electron chi connectivity index (χ0n) is 16.9. The Morgan fingerprint density at radius 1 is 0.933 bits per heavy atom. The van der Waals surface area contributed by atoms with Crippen LogP contribution in [0.25, 0.3) is 0 Å². The normalized spacial score (nSPS) is 11.0. The van der Waals surface area contributed by atoms with E-state index >= 15 is 0 Å². The van der Waals surface area contributed by atoms with Gasteiger partial charge in [0.2, 0.25) is 15.9 Å². The molecule has 0 radical (unpaired) electrons. The lowest BCUT2D eigenvalue weighted by Crippen LogP contribution is -2.28. The molecule has 9 heteroatoms. The van der Waals surface area contributed by atoms with Gasteiger partial charge in [0.25, 0.3) is 5.91 Å². The van der Waals surface area contributed by atoms with Gasteiger partial charge in [-0.3, -0.25) is 14.4 Å². The van der Waals surface area contributed by atoms with Crippen molar-refractivity contribution in [2.45, 2.75) is 31.6 Å². The smallest absolute Gasteiger partial charge is 0.251 e. The summed E-state index contributed by atoms with van der Waals surface area (Å²) in [6.45, 7) is 3.80. The molecule has 0 spiro atoms. The first-order valence-electron chi connectivity index (χ1n) is 9.51. The summed E-state index contributed by atoms with van der Waals surface area (Å²) < 4.78 is 27.0. The summed E-state index contributed by atoms with van der Waals surface area (Å²) in [5.74, 6) is -0.795. The van der Waals surface area contributed by atoms with E-state index in [1.165, 1.54) is 31.2 Å². The Labute approximate surface area is 176 Å². The van der Waals surface area contributed by atoms with Gasteiger partial charge in [-0.1, -0.05) is 19.1 Å². The van der Waals surface area contributed by atoms with Crippen LogP contribution in [-0.4, -0.2) is 39.1 Å². The lowest BCUT2D eigenvalue weighted by Gasteiger charge is -2.09. The first kappa shape index (κ1) is 23.2. The van der Waals surface area contributed by atoms with Crippen LogP contribution in [0.5, 0.6) is 0 Å². The highest BCUT2D eigenvalue weighted by atomic mass is 32.2. The van der Waals surface area contributed by atoms with Gasteiger partial charge in [-0.05, 0) is 49.7 Å². The third-order valence-corrected chi connectivity index (χ3v) is 5.62. The molecule has 0 aliphatic heterocycles. The van der Waals surface area contributed by atoms with Gasteiger partial charge in [-0.15, -0.1) is 0 Å². The number of carbonyl (C=O) groups is 3. The van der Waals surface area contributed by atoms with Crippen LogP contribution in [0.1, 0.15) is 47.4 Å². The molecule has 0 saturated heterocycles. The predicted molar refractivity (Wildman–Crippen MR) is 114 cm³/mol. The van der Waals surface area contributed by atoms with Crippen LogP contribution in [-0.2, 0) is 14.8 Å². The van der Waals surface area contributed by atoms with Crippen LogP contribution in [0, 0.1) is 0 Å². The van der Waals surface area contributed by atoms with Crippen molar-refractivity contribution in [3.8, 4) is 0 Å². The number of carbonyl (C=O) groups excluding carboxylic acids is 3. The van der Waals surface area contributed by atoms with Gasteiger partial charge in [0.15, 0.2) is 5.78 Å². The maximum atomic E-state index is 12.3. The molecule has 2 aromatic rings. The summed E-state index contributed by atoms with van der Waals surface area (Å²) in [7, 11) is -3.83. The van der Waals surface area contributed by atoms with E-state index in [1.807, 2.05) is 6.92 Å². The van der Waals surface area contributed by atoms with Crippen LogP contribution < -0.4 is 15.4 Å². The van der Waals surface area contributed by atoms with E-state index < -0.39 is 10.0 Å². The van der Waals surface area contributed by atoms with E-state index in [2.05, 4.69) is 15.4 Å². The highest BCUT2D eigenvalue weighted by molar-refractivity contribution is 7.89. The summed E-state index contributed by atoms with van der Waals surface area (Å²) in [6, 6.07) is 12.1. The van der Waals surface area contributed by atoms with Gasteiger partial charge >= 0.3 is 0 Å². The molecule has 30 heavy (non-hydrogen) atoms. The minimum atomic E-state index is -3.83. The molecule has 0 bridgehead atoms. The van der Waals surface area contributed by atoms with Crippen molar-refractivity contribution < 1.29 is 22.8 Å². The monoisotopic (exact) mass is 431 g/mol. The molecular formula is C21H25N3O5S. The van der Waals surface area contributed by atoms with Gasteiger partial charge < -0.3 is 10.6 Å². The molecule has 0 aliphatic carbocycles. The summed E-state index contributed by atoms with van der Waals surface area (Å²) in [6.07, 6.45) is 0.760. The van der Waals surface area contributed by atoms with Gasteiger partial charge in [0, 0.05) is 36.3 Å². The number of nitrogens with one attached hydrogen (secondary N) is 3. The maximum absolute atomic E-state index is 12.3. The number of amides is 2. The Morgan fingerprint density at radius 2 is 1.63 bits per heavy atom. The zero-order valence-corrected chi connectivity index (χ0v) is 17.7. The molecule has 0 atom stereocenters. The van der Waals surface area contributed by atoms with E-state index in [9.17, 15) is 22.8 Å². The molecule has 0 saturated carbocycles. The largest absolute Gasteiger partial charge is 0.352 e. The van der Waals surface area contributed by atoms with Crippen molar-refractivity contribution in [1.29, 1.82) is 0 Å². The number of hydrogen-bond acceptors (Lipinski definition) is 5. The fraction of sp³-hybridized carbons (Fsp3) is 0.286. The summed E-state index contributed by atoms with van der Waals surface area (Å²) in [5.41, 5.74) is 1.29. The number of ketones is 1. The van der Waals surface area contributed by atoms with E-state index in [1.54, 1.807) is 24.3 Å². The van der Waals surface area contributed by atoms with Crippen LogP contribution in [0.4, 0.5) is 5.69 Å². The van der Waals surface area contributed by atoms with Crippen LogP contribution in [0.15, 0.2) is 53.4 Å². The molecule has 0 aromatic heterocycles. The van der Waals surface area contributed by atoms with Crippen molar-refractivity contribution in [1.82, 2.24) is 10.0 Å². The molecule has 0 unspecified atom stereocenters. The van der Waals surface area contributed by atoms with Gasteiger partial charge in [0.1, 0.15) is 0 Å². The topological polar surface area (TPSA) is 121 Å². The van der Waals surface area contributed by atoms with Gasteiger partial charge in [0.05, 0.1) is 4.90 Å². The Balaban J connectivity index is 1.86. The lowest BCUT2D eigenvalue weighted by atomic mass is 10.2. The highest BCUT2D eigenvalue weighted by Crippen LogP contribution is 2.13. The highest BCUT2D eigenvalue weighted by Gasteiger charge is 2.15. The van der Waals surface area contributed by atoms with Crippen LogP contribution >= 0.6 is 0 Å². The molecule has 2 aromatic carbocycles. The fourth-order valence-electron chi connectivity index (χ4n) is 2.53. The predicted octanol–water partition coefficient (Wildman–Crippen LogP) is 2.34. The molecule has 2 rings (SSSR count). The van der Waals surface area contributed by atoms with Crippen molar-refractivity contribution >= 4 is 33.3 Å². The maximum Gasteiger partial charge on any atom is 0.251 e. The molecule has 160 valence electrons. The van der Waals surface area contributed by atoms with E-state index in [0.717, 1.165) is 6.42 Å². The molecule has 3 N–H and O–H groups in total. The van der Waals surface area contributed by atoms with Crippen molar-refractivity contribution in [3.05, 3.63) is 59.7 Å². The van der Waals surface area contributed by atoms with E-state index in [-0.39, 0.29) is 35.5 Å². The lowest BCUT2D eigenvalue weighted by molar-refractivity contribution is -0.116. The fourth-order valence-corrected chi connectivity index (χ4v) is 3.61. The second-order valence-electron chi connectivity index (χ2n) is 6.61. The van der Waals surface area contributed by atoms with E-state index in [4.69, 9.17) is 0 Å².